The Kier molecular flexibility index (Phi) is 5.92. The first kappa shape index (κ1) is 14.5. The first-order chi connectivity index (χ1) is 8.04. The Labute approximate surface area is 104 Å². The monoisotopic (exact) mass is 242 g/mol. The summed E-state index contributed by atoms with van der Waals surface area (Å²) in [5.41, 5.74) is 5.79. The molecule has 0 aromatic heterocycles. The molecule has 1 heterocycles. The normalized spacial score (nSPS) is 27.8. The van der Waals surface area contributed by atoms with Crippen LogP contribution in [0.25, 0.3) is 0 Å². The molecule has 0 amide bonds. The minimum Gasteiger partial charge on any atom is -0.465 e. The average molecular weight is 242 g/mol. The number of carbonyl (C=O) groups is 1. The van der Waals surface area contributed by atoms with Gasteiger partial charge in [0.2, 0.25) is 0 Å². The van der Waals surface area contributed by atoms with Crippen molar-refractivity contribution in [3.63, 3.8) is 0 Å². The van der Waals surface area contributed by atoms with Crippen molar-refractivity contribution in [2.45, 2.75) is 52.1 Å². The zero-order valence-electron chi connectivity index (χ0n) is 11.3. The lowest BCUT2D eigenvalue weighted by Gasteiger charge is -2.36. The van der Waals surface area contributed by atoms with E-state index in [0.29, 0.717) is 19.1 Å². The standard InChI is InChI=1S/C13H26N2O2/c1-4-17-13(16)12(14)6-8-15-7-5-10(2)9-11(15)3/h10-12H,4-9,14H2,1-3H3. The van der Waals surface area contributed by atoms with Crippen LogP contribution in [0.3, 0.4) is 0 Å². The molecule has 0 spiro atoms. The van der Waals surface area contributed by atoms with E-state index in [1.807, 2.05) is 0 Å². The van der Waals surface area contributed by atoms with Crippen molar-refractivity contribution in [1.82, 2.24) is 4.90 Å². The van der Waals surface area contributed by atoms with Crippen molar-refractivity contribution < 1.29 is 9.53 Å². The summed E-state index contributed by atoms with van der Waals surface area (Å²) in [6, 6.07) is 0.134. The summed E-state index contributed by atoms with van der Waals surface area (Å²) in [6.45, 7) is 8.79. The molecule has 3 unspecified atom stereocenters. The third-order valence-corrected chi connectivity index (χ3v) is 3.59. The van der Waals surface area contributed by atoms with Crippen molar-refractivity contribution >= 4 is 5.97 Å². The minimum atomic E-state index is -0.471. The van der Waals surface area contributed by atoms with Crippen molar-refractivity contribution in [3.05, 3.63) is 0 Å². The molecule has 0 saturated carbocycles. The van der Waals surface area contributed by atoms with Gasteiger partial charge in [-0.1, -0.05) is 6.92 Å². The van der Waals surface area contributed by atoms with E-state index >= 15 is 0 Å². The van der Waals surface area contributed by atoms with E-state index in [-0.39, 0.29) is 5.97 Å². The lowest BCUT2D eigenvalue weighted by molar-refractivity contribution is -0.145. The quantitative estimate of drug-likeness (QED) is 0.740. The van der Waals surface area contributed by atoms with E-state index < -0.39 is 6.04 Å². The highest BCUT2D eigenvalue weighted by Crippen LogP contribution is 2.22. The van der Waals surface area contributed by atoms with Gasteiger partial charge in [-0.25, -0.2) is 0 Å². The Morgan fingerprint density at radius 2 is 2.24 bits per heavy atom. The Hall–Kier alpha value is -0.610. The number of carbonyl (C=O) groups excluding carboxylic acids is 1. The second kappa shape index (κ2) is 6.97. The molecule has 0 bridgehead atoms. The predicted octanol–water partition coefficient (Wildman–Crippen LogP) is 1.39. The summed E-state index contributed by atoms with van der Waals surface area (Å²) >= 11 is 0. The minimum absolute atomic E-state index is 0.273. The van der Waals surface area contributed by atoms with Crippen LogP contribution in [-0.2, 0) is 9.53 Å². The highest BCUT2D eigenvalue weighted by Gasteiger charge is 2.24. The third kappa shape index (κ3) is 4.64. The largest absolute Gasteiger partial charge is 0.465 e. The number of piperidine rings is 1. The molecule has 17 heavy (non-hydrogen) atoms. The van der Waals surface area contributed by atoms with Crippen molar-refractivity contribution in [3.8, 4) is 0 Å². The molecule has 1 aliphatic rings. The summed E-state index contributed by atoms with van der Waals surface area (Å²) in [5.74, 6) is 0.547. The summed E-state index contributed by atoms with van der Waals surface area (Å²) in [5, 5.41) is 0. The summed E-state index contributed by atoms with van der Waals surface area (Å²) in [6.07, 6.45) is 3.19. The summed E-state index contributed by atoms with van der Waals surface area (Å²) < 4.78 is 4.90. The van der Waals surface area contributed by atoms with Crippen LogP contribution in [0.4, 0.5) is 0 Å². The molecule has 0 aliphatic carbocycles. The van der Waals surface area contributed by atoms with Crippen LogP contribution >= 0.6 is 0 Å². The molecule has 1 rings (SSSR count). The molecule has 0 aromatic rings. The van der Waals surface area contributed by atoms with Gasteiger partial charge in [0.15, 0.2) is 0 Å². The van der Waals surface area contributed by atoms with Crippen LogP contribution < -0.4 is 5.73 Å². The molecule has 1 saturated heterocycles. The van der Waals surface area contributed by atoms with E-state index in [4.69, 9.17) is 10.5 Å². The van der Waals surface area contributed by atoms with E-state index in [1.165, 1.54) is 12.8 Å². The number of hydrogen-bond donors (Lipinski definition) is 1. The number of esters is 1. The van der Waals surface area contributed by atoms with Crippen LogP contribution in [0.1, 0.15) is 40.0 Å². The fraction of sp³-hybridized carbons (Fsp3) is 0.923. The highest BCUT2D eigenvalue weighted by molar-refractivity contribution is 5.75. The molecular weight excluding hydrogens is 216 g/mol. The highest BCUT2D eigenvalue weighted by atomic mass is 16.5. The Morgan fingerprint density at radius 3 is 2.82 bits per heavy atom. The van der Waals surface area contributed by atoms with Crippen molar-refractivity contribution in [1.29, 1.82) is 0 Å². The molecule has 2 N–H and O–H groups in total. The lowest BCUT2D eigenvalue weighted by atomic mass is 9.93. The van der Waals surface area contributed by atoms with Gasteiger partial charge in [-0.05, 0) is 45.6 Å². The second-order valence-corrected chi connectivity index (χ2v) is 5.16. The van der Waals surface area contributed by atoms with Crippen LogP contribution in [0.2, 0.25) is 0 Å². The Balaban J connectivity index is 2.28. The molecule has 1 fully saturated rings. The Bertz CT molecular complexity index is 246. The van der Waals surface area contributed by atoms with Crippen LogP contribution in [0.15, 0.2) is 0 Å². The third-order valence-electron chi connectivity index (χ3n) is 3.59. The molecule has 3 atom stereocenters. The first-order valence-corrected chi connectivity index (χ1v) is 6.70. The van der Waals surface area contributed by atoms with E-state index in [9.17, 15) is 4.79 Å². The smallest absolute Gasteiger partial charge is 0.322 e. The zero-order valence-corrected chi connectivity index (χ0v) is 11.3. The Morgan fingerprint density at radius 1 is 1.53 bits per heavy atom. The van der Waals surface area contributed by atoms with Gasteiger partial charge in [0.25, 0.3) is 0 Å². The number of hydrogen-bond acceptors (Lipinski definition) is 4. The molecule has 1 aliphatic heterocycles. The van der Waals surface area contributed by atoms with E-state index in [2.05, 4.69) is 18.7 Å². The molecule has 4 nitrogen and oxygen atoms in total. The van der Waals surface area contributed by atoms with Gasteiger partial charge in [0.1, 0.15) is 6.04 Å². The zero-order chi connectivity index (χ0) is 12.8. The fourth-order valence-electron chi connectivity index (χ4n) is 2.46. The molecular formula is C13H26N2O2. The average Bonchev–Trinajstić information content (AvgIpc) is 2.27. The molecule has 0 aromatic carbocycles. The number of likely N-dealkylation sites (tertiary alicyclic amines) is 1. The molecule has 100 valence electrons. The number of rotatable bonds is 5. The van der Waals surface area contributed by atoms with Crippen molar-refractivity contribution in [2.75, 3.05) is 19.7 Å². The molecule has 4 heteroatoms. The number of nitrogens with zero attached hydrogens (tertiary/aromatic N) is 1. The summed E-state index contributed by atoms with van der Waals surface area (Å²) in [7, 11) is 0. The van der Waals surface area contributed by atoms with Crippen LogP contribution in [0.5, 0.6) is 0 Å². The van der Waals surface area contributed by atoms with Gasteiger partial charge in [-0.3, -0.25) is 4.79 Å². The SMILES string of the molecule is CCOC(=O)C(N)CCN1CCC(C)CC1C. The van der Waals surface area contributed by atoms with Gasteiger partial charge >= 0.3 is 5.97 Å². The number of ether oxygens (including phenoxy) is 1. The topological polar surface area (TPSA) is 55.6 Å². The van der Waals surface area contributed by atoms with E-state index in [1.54, 1.807) is 6.92 Å². The first-order valence-electron chi connectivity index (χ1n) is 6.70. The number of nitrogens with two attached hydrogens (primary N) is 1. The predicted molar refractivity (Wildman–Crippen MR) is 68.7 cm³/mol. The maximum atomic E-state index is 11.4. The van der Waals surface area contributed by atoms with Gasteiger partial charge in [-0.15, -0.1) is 0 Å². The maximum Gasteiger partial charge on any atom is 0.322 e. The van der Waals surface area contributed by atoms with Crippen LogP contribution in [0, 0.1) is 5.92 Å². The lowest BCUT2D eigenvalue weighted by Crippen LogP contribution is -2.43. The van der Waals surface area contributed by atoms with Gasteiger partial charge < -0.3 is 15.4 Å². The van der Waals surface area contributed by atoms with Gasteiger partial charge in [0, 0.05) is 12.6 Å². The second-order valence-electron chi connectivity index (χ2n) is 5.16. The van der Waals surface area contributed by atoms with Gasteiger partial charge in [-0.2, -0.15) is 0 Å². The fourth-order valence-corrected chi connectivity index (χ4v) is 2.46. The van der Waals surface area contributed by atoms with E-state index in [0.717, 1.165) is 19.0 Å². The van der Waals surface area contributed by atoms with Crippen LogP contribution in [-0.4, -0.2) is 42.6 Å². The van der Waals surface area contributed by atoms with Crippen molar-refractivity contribution in [2.24, 2.45) is 11.7 Å². The summed E-state index contributed by atoms with van der Waals surface area (Å²) in [4.78, 5) is 13.8. The molecule has 0 radical (unpaired) electrons. The maximum absolute atomic E-state index is 11.4. The van der Waals surface area contributed by atoms with Gasteiger partial charge in [0.05, 0.1) is 6.61 Å².